The van der Waals surface area contributed by atoms with Gasteiger partial charge in [-0.1, -0.05) is 25.7 Å². The molecule has 1 atom stereocenters. The van der Waals surface area contributed by atoms with E-state index < -0.39 is 71.0 Å². The number of carbonyl (C=O) groups is 1. The summed E-state index contributed by atoms with van der Waals surface area (Å²) in [4.78, 5) is 19.0. The van der Waals surface area contributed by atoms with E-state index in [0.717, 1.165) is 21.3 Å². The first kappa shape index (κ1) is 35.4. The molecule has 0 spiro atoms. The van der Waals surface area contributed by atoms with E-state index in [4.69, 9.17) is 18.8 Å². The van der Waals surface area contributed by atoms with Crippen molar-refractivity contribution in [2.24, 2.45) is 4.99 Å². The van der Waals surface area contributed by atoms with E-state index in [0.29, 0.717) is 6.61 Å². The highest BCUT2D eigenvalue weighted by atomic mass is 32.2. The third-order valence-corrected chi connectivity index (χ3v) is 11.4. The summed E-state index contributed by atoms with van der Waals surface area (Å²) in [7, 11) is -5.46. The molecule has 3 rings (SSSR count). The topological polar surface area (TPSA) is 107 Å². The predicted octanol–water partition coefficient (Wildman–Crippen LogP) is 4.66. The summed E-state index contributed by atoms with van der Waals surface area (Å²) in [6, 6.07) is 3.08. The van der Waals surface area contributed by atoms with Crippen LogP contribution >= 0.6 is 0 Å². The lowest BCUT2D eigenvalue weighted by molar-refractivity contribution is 0.00578. The number of guanidine groups is 1. The lowest BCUT2D eigenvalue weighted by atomic mass is 9.76. The van der Waals surface area contributed by atoms with E-state index in [9.17, 15) is 13.2 Å². The average Bonchev–Trinajstić information content (AvgIpc) is 3.02. The van der Waals surface area contributed by atoms with Gasteiger partial charge in [-0.2, -0.15) is 0 Å². The largest absolute Gasteiger partial charge is 0.494 e. The first-order valence-corrected chi connectivity index (χ1v) is 19.6. The van der Waals surface area contributed by atoms with Crippen LogP contribution in [-0.4, -0.2) is 87.8 Å². The number of hydrogen-bond donors (Lipinski definition) is 0. The van der Waals surface area contributed by atoms with Crippen LogP contribution in [-0.2, 0) is 34.3 Å². The molecule has 0 bridgehead atoms. The normalized spacial score (nSPS) is 23.3. The first-order chi connectivity index (χ1) is 19.3. The number of sulfonamides is 1. The average molecular weight is 646 g/mol. The van der Waals surface area contributed by atoms with Gasteiger partial charge in [0.25, 0.3) is 0 Å². The Bertz CT molecular complexity index is 1360. The van der Waals surface area contributed by atoms with Crippen LogP contribution in [0.2, 0.25) is 25.7 Å². The Kier molecular flexibility index (Phi) is 9.63. The summed E-state index contributed by atoms with van der Waals surface area (Å²) in [6.07, 6.45) is -0.900. The van der Waals surface area contributed by atoms with Gasteiger partial charge in [0.05, 0.1) is 17.0 Å². The molecule has 1 amide bonds. The Morgan fingerprint density at radius 2 is 1.67 bits per heavy atom. The fourth-order valence-corrected chi connectivity index (χ4v) is 6.70. The maximum Gasteiger partial charge on any atom is 0.494 e. The van der Waals surface area contributed by atoms with Crippen molar-refractivity contribution in [2.75, 3.05) is 26.1 Å². The standard InChI is InChI=1S/C28H46BF2N3O7SSi/c1-25(2,3)39-24(35)34(18-38-13-14-43(10,11)12)23-32-28(8,17-42(36,37)33(23)9)20-15-19(16-21(30)22(20)31)29-40-26(4,5)27(6,7)41-29/h15-16H,13-14,17-18H2,1-12H3/t28-/m0/s1. The number of hydrogen-bond acceptors (Lipinski definition) is 8. The van der Waals surface area contributed by atoms with Crippen LogP contribution in [0.15, 0.2) is 17.1 Å². The zero-order chi connectivity index (χ0) is 33.0. The van der Waals surface area contributed by atoms with Gasteiger partial charge in [-0.3, -0.25) is 0 Å². The van der Waals surface area contributed by atoms with Gasteiger partial charge in [-0.05, 0) is 73.0 Å². The molecular weight excluding hydrogens is 599 g/mol. The minimum Gasteiger partial charge on any atom is -0.443 e. The van der Waals surface area contributed by atoms with E-state index in [1.54, 1.807) is 20.8 Å². The number of aliphatic imine (C=N–C) groups is 1. The van der Waals surface area contributed by atoms with E-state index in [-0.39, 0.29) is 23.7 Å². The van der Waals surface area contributed by atoms with Crippen molar-refractivity contribution >= 4 is 42.7 Å². The Hall–Kier alpha value is -2.07. The van der Waals surface area contributed by atoms with Crippen LogP contribution in [0, 0.1) is 11.6 Å². The van der Waals surface area contributed by atoms with Crippen molar-refractivity contribution in [3.05, 3.63) is 29.3 Å². The van der Waals surface area contributed by atoms with Crippen LogP contribution in [0.25, 0.3) is 0 Å². The molecule has 0 aromatic heterocycles. The molecule has 1 aromatic carbocycles. The molecule has 0 unspecified atom stereocenters. The van der Waals surface area contributed by atoms with Crippen LogP contribution < -0.4 is 5.46 Å². The second-order valence-electron chi connectivity index (χ2n) is 14.6. The summed E-state index contributed by atoms with van der Waals surface area (Å²) < 4.78 is 82.0. The van der Waals surface area contributed by atoms with Crippen molar-refractivity contribution in [2.45, 2.75) is 103 Å². The van der Waals surface area contributed by atoms with Crippen molar-refractivity contribution < 1.29 is 40.8 Å². The molecule has 43 heavy (non-hydrogen) atoms. The maximum absolute atomic E-state index is 15.6. The predicted molar refractivity (Wildman–Crippen MR) is 165 cm³/mol. The number of carbonyl (C=O) groups excluding carboxylic acids is 1. The van der Waals surface area contributed by atoms with Crippen molar-refractivity contribution in [1.29, 1.82) is 0 Å². The van der Waals surface area contributed by atoms with E-state index in [1.807, 2.05) is 27.7 Å². The molecule has 10 nitrogen and oxygen atoms in total. The highest BCUT2D eigenvalue weighted by molar-refractivity contribution is 7.89. The number of rotatable bonds is 7. The fraction of sp³-hybridized carbons (Fsp3) is 0.714. The minimum absolute atomic E-state index is 0.167. The lowest BCUT2D eigenvalue weighted by Crippen LogP contribution is -2.56. The molecule has 2 heterocycles. The first-order valence-electron chi connectivity index (χ1n) is 14.3. The molecule has 0 saturated carbocycles. The van der Waals surface area contributed by atoms with Gasteiger partial charge in [0.1, 0.15) is 17.9 Å². The number of ether oxygens (including phenoxy) is 2. The summed E-state index contributed by atoms with van der Waals surface area (Å²) in [5.41, 5.74) is -4.42. The zero-order valence-electron chi connectivity index (χ0n) is 27.4. The summed E-state index contributed by atoms with van der Waals surface area (Å²) in [5.74, 6) is -3.50. The molecule has 0 N–H and O–H groups in total. The summed E-state index contributed by atoms with van der Waals surface area (Å²) in [5, 5.41) is 0. The number of benzene rings is 1. The van der Waals surface area contributed by atoms with Crippen molar-refractivity contribution in [3.8, 4) is 0 Å². The third kappa shape index (κ3) is 7.96. The van der Waals surface area contributed by atoms with Gasteiger partial charge in [-0.25, -0.2) is 36.2 Å². The number of halogens is 2. The second-order valence-corrected chi connectivity index (χ2v) is 22.2. The molecule has 1 saturated heterocycles. The van der Waals surface area contributed by atoms with Crippen molar-refractivity contribution in [1.82, 2.24) is 9.21 Å². The quantitative estimate of drug-likeness (QED) is 0.241. The van der Waals surface area contributed by atoms with Crippen molar-refractivity contribution in [3.63, 3.8) is 0 Å². The van der Waals surface area contributed by atoms with Gasteiger partial charge in [0, 0.05) is 27.3 Å². The molecule has 2 aliphatic heterocycles. The Labute approximate surface area is 256 Å². The molecule has 1 fully saturated rings. The van der Waals surface area contributed by atoms with Crippen LogP contribution in [0.5, 0.6) is 0 Å². The Morgan fingerprint density at radius 3 is 2.19 bits per heavy atom. The second kappa shape index (κ2) is 11.7. The SMILES string of the molecule is CN1C(N(COCC[Si](C)(C)C)C(=O)OC(C)(C)C)=N[C@](C)(c2cc(B3OC(C)(C)C(C)(C)O3)cc(F)c2F)CS1(=O)=O. The maximum atomic E-state index is 15.6. The Morgan fingerprint density at radius 1 is 1.12 bits per heavy atom. The molecule has 2 aliphatic rings. The van der Waals surface area contributed by atoms with Gasteiger partial charge in [-0.15, -0.1) is 0 Å². The Balaban J connectivity index is 2.13. The van der Waals surface area contributed by atoms with Gasteiger partial charge >= 0.3 is 13.2 Å². The van der Waals surface area contributed by atoms with Crippen LogP contribution in [0.3, 0.4) is 0 Å². The number of nitrogens with zero attached hydrogens (tertiary/aromatic N) is 3. The zero-order valence-corrected chi connectivity index (χ0v) is 29.2. The van der Waals surface area contributed by atoms with Gasteiger partial charge < -0.3 is 18.8 Å². The third-order valence-electron chi connectivity index (χ3n) is 7.74. The van der Waals surface area contributed by atoms with Crippen LogP contribution in [0.4, 0.5) is 13.6 Å². The van der Waals surface area contributed by atoms with E-state index in [2.05, 4.69) is 24.6 Å². The smallest absolute Gasteiger partial charge is 0.443 e. The molecule has 15 heteroatoms. The van der Waals surface area contributed by atoms with E-state index in [1.165, 1.54) is 20.0 Å². The molecule has 242 valence electrons. The summed E-state index contributed by atoms with van der Waals surface area (Å²) in [6.45, 7) is 20.2. The summed E-state index contributed by atoms with van der Waals surface area (Å²) >= 11 is 0. The van der Waals surface area contributed by atoms with Crippen LogP contribution in [0.1, 0.15) is 61.0 Å². The molecule has 0 aliphatic carbocycles. The van der Waals surface area contributed by atoms with Gasteiger partial charge in [0.2, 0.25) is 16.0 Å². The minimum atomic E-state index is -4.19. The monoisotopic (exact) mass is 645 g/mol. The molecular formula is C28H46BF2N3O7SSi. The highest BCUT2D eigenvalue weighted by Gasteiger charge is 2.53. The van der Waals surface area contributed by atoms with E-state index >= 15 is 8.78 Å². The highest BCUT2D eigenvalue weighted by Crippen LogP contribution is 2.38. The molecule has 0 radical (unpaired) electrons. The number of amides is 1. The fourth-order valence-electron chi connectivity index (χ4n) is 4.43. The molecule has 1 aromatic rings. The lowest BCUT2D eigenvalue weighted by Gasteiger charge is -2.39. The van der Waals surface area contributed by atoms with Gasteiger partial charge in [0.15, 0.2) is 11.6 Å².